The van der Waals surface area contributed by atoms with E-state index in [-0.39, 0.29) is 12.3 Å². The molecule has 1 amide bonds. The van der Waals surface area contributed by atoms with Gasteiger partial charge in [-0.1, -0.05) is 24.3 Å². The van der Waals surface area contributed by atoms with E-state index in [0.29, 0.717) is 24.5 Å². The Morgan fingerprint density at radius 3 is 2.68 bits per heavy atom. The molecule has 3 rings (SSSR count). The lowest BCUT2D eigenvalue weighted by atomic mass is 9.95. The standard InChI is InChI=1S/C20H23NO4/c1-13-5-4-6-15-16(22)9-10-21(20(13)15)19(23)12-14-7-8-17(24-2)18(11-14)25-3/h4-8,11,16,22H,9-10,12H2,1-3H3. The number of nitrogens with zero attached hydrogens (tertiary/aromatic N) is 1. The molecule has 0 saturated carbocycles. The third-order valence-electron chi connectivity index (χ3n) is 4.63. The SMILES string of the molecule is COc1ccc(CC(=O)N2CCC(O)c3cccc(C)c32)cc1OC. The minimum absolute atomic E-state index is 0.00895. The number of rotatable bonds is 4. The Labute approximate surface area is 147 Å². The molecule has 0 aromatic heterocycles. The Balaban J connectivity index is 1.87. The van der Waals surface area contributed by atoms with Crippen molar-refractivity contribution in [2.75, 3.05) is 25.7 Å². The van der Waals surface area contributed by atoms with Gasteiger partial charge < -0.3 is 19.5 Å². The number of benzene rings is 2. The lowest BCUT2D eigenvalue weighted by molar-refractivity contribution is -0.118. The van der Waals surface area contributed by atoms with Crippen LogP contribution in [0.1, 0.15) is 29.2 Å². The van der Waals surface area contributed by atoms with Crippen LogP contribution in [0.5, 0.6) is 11.5 Å². The maximum atomic E-state index is 12.9. The summed E-state index contributed by atoms with van der Waals surface area (Å²) in [6, 6.07) is 11.3. The summed E-state index contributed by atoms with van der Waals surface area (Å²) in [6.07, 6.45) is 0.304. The van der Waals surface area contributed by atoms with Gasteiger partial charge >= 0.3 is 0 Å². The van der Waals surface area contributed by atoms with Crippen LogP contribution in [-0.4, -0.2) is 31.8 Å². The summed E-state index contributed by atoms with van der Waals surface area (Å²) in [5.41, 5.74) is 3.53. The number of carbonyl (C=O) groups excluding carboxylic acids is 1. The van der Waals surface area contributed by atoms with Gasteiger partial charge in [-0.25, -0.2) is 0 Å². The largest absolute Gasteiger partial charge is 0.493 e. The predicted molar refractivity (Wildman–Crippen MR) is 96.4 cm³/mol. The second kappa shape index (κ2) is 7.15. The Bertz CT molecular complexity index is 787. The number of hydrogen-bond acceptors (Lipinski definition) is 4. The highest BCUT2D eigenvalue weighted by Gasteiger charge is 2.28. The Morgan fingerprint density at radius 2 is 1.96 bits per heavy atom. The third-order valence-corrected chi connectivity index (χ3v) is 4.63. The number of anilines is 1. The van der Waals surface area contributed by atoms with Gasteiger partial charge in [0.15, 0.2) is 11.5 Å². The number of carbonyl (C=O) groups is 1. The zero-order chi connectivity index (χ0) is 18.0. The average Bonchev–Trinajstić information content (AvgIpc) is 2.62. The molecular weight excluding hydrogens is 318 g/mol. The van der Waals surface area contributed by atoms with Crippen molar-refractivity contribution >= 4 is 11.6 Å². The smallest absolute Gasteiger partial charge is 0.231 e. The molecule has 0 saturated heterocycles. The highest BCUT2D eigenvalue weighted by atomic mass is 16.5. The molecule has 0 fully saturated rings. The first-order chi connectivity index (χ1) is 12.0. The first kappa shape index (κ1) is 17.3. The molecule has 1 aliphatic rings. The van der Waals surface area contributed by atoms with Crippen molar-refractivity contribution < 1.29 is 19.4 Å². The molecule has 1 heterocycles. The summed E-state index contributed by atoms with van der Waals surface area (Å²) in [4.78, 5) is 14.7. The van der Waals surface area contributed by atoms with Crippen LogP contribution in [0.2, 0.25) is 0 Å². The molecule has 2 aromatic rings. The molecular formula is C20H23NO4. The van der Waals surface area contributed by atoms with Gasteiger partial charge in [-0.2, -0.15) is 0 Å². The molecule has 1 unspecified atom stereocenters. The minimum atomic E-state index is -0.514. The number of fused-ring (bicyclic) bond motifs is 1. The van der Waals surface area contributed by atoms with Crippen molar-refractivity contribution in [3.05, 3.63) is 53.1 Å². The maximum Gasteiger partial charge on any atom is 0.231 e. The molecule has 0 bridgehead atoms. The Morgan fingerprint density at radius 1 is 1.20 bits per heavy atom. The van der Waals surface area contributed by atoms with E-state index in [1.54, 1.807) is 25.2 Å². The summed E-state index contributed by atoms with van der Waals surface area (Å²) < 4.78 is 10.5. The van der Waals surface area contributed by atoms with Gasteiger partial charge in [0.05, 0.1) is 32.4 Å². The topological polar surface area (TPSA) is 59.0 Å². The summed E-state index contributed by atoms with van der Waals surface area (Å²) in [7, 11) is 3.16. The van der Waals surface area contributed by atoms with Crippen molar-refractivity contribution in [3.8, 4) is 11.5 Å². The second-order valence-corrected chi connectivity index (χ2v) is 6.23. The Kier molecular flexibility index (Phi) is 4.95. The second-order valence-electron chi connectivity index (χ2n) is 6.23. The van der Waals surface area contributed by atoms with Crippen molar-refractivity contribution in [1.82, 2.24) is 0 Å². The zero-order valence-corrected chi connectivity index (χ0v) is 14.8. The monoisotopic (exact) mass is 341 g/mol. The number of ether oxygens (including phenoxy) is 2. The highest BCUT2D eigenvalue weighted by Crippen LogP contribution is 2.36. The lowest BCUT2D eigenvalue weighted by Crippen LogP contribution is -2.38. The molecule has 1 N–H and O–H groups in total. The molecule has 0 aliphatic carbocycles. The van der Waals surface area contributed by atoms with Gasteiger partial charge in [-0.15, -0.1) is 0 Å². The fourth-order valence-corrected chi connectivity index (χ4v) is 3.35. The molecule has 5 nitrogen and oxygen atoms in total. The number of aliphatic hydroxyl groups is 1. The highest BCUT2D eigenvalue weighted by molar-refractivity contribution is 5.96. The Hall–Kier alpha value is -2.53. The average molecular weight is 341 g/mol. The number of aryl methyl sites for hydroxylation is 1. The molecule has 1 atom stereocenters. The predicted octanol–water partition coefficient (Wildman–Crippen LogP) is 3.03. The fourth-order valence-electron chi connectivity index (χ4n) is 3.35. The number of methoxy groups -OCH3 is 2. The maximum absolute atomic E-state index is 12.9. The first-order valence-corrected chi connectivity index (χ1v) is 8.34. The molecule has 132 valence electrons. The van der Waals surface area contributed by atoms with Gasteiger partial charge in [0, 0.05) is 12.1 Å². The summed E-state index contributed by atoms with van der Waals surface area (Å²) in [6.45, 7) is 2.48. The van der Waals surface area contributed by atoms with E-state index >= 15 is 0 Å². The van der Waals surface area contributed by atoms with Crippen molar-refractivity contribution in [2.24, 2.45) is 0 Å². The van der Waals surface area contributed by atoms with Crippen LogP contribution in [0.25, 0.3) is 0 Å². The number of aliphatic hydroxyl groups excluding tert-OH is 1. The van der Waals surface area contributed by atoms with Crippen molar-refractivity contribution in [1.29, 1.82) is 0 Å². The number of para-hydroxylation sites is 1. The number of hydrogen-bond donors (Lipinski definition) is 1. The minimum Gasteiger partial charge on any atom is -0.493 e. The van der Waals surface area contributed by atoms with Crippen LogP contribution >= 0.6 is 0 Å². The molecule has 25 heavy (non-hydrogen) atoms. The van der Waals surface area contributed by atoms with Gasteiger partial charge in [-0.3, -0.25) is 4.79 Å². The number of amides is 1. The van der Waals surface area contributed by atoms with E-state index in [1.807, 2.05) is 37.3 Å². The zero-order valence-electron chi connectivity index (χ0n) is 14.8. The van der Waals surface area contributed by atoms with Crippen molar-refractivity contribution in [3.63, 3.8) is 0 Å². The van der Waals surface area contributed by atoms with E-state index < -0.39 is 6.10 Å². The lowest BCUT2D eigenvalue weighted by Gasteiger charge is -2.33. The van der Waals surface area contributed by atoms with Gasteiger partial charge in [0.2, 0.25) is 5.91 Å². The molecule has 5 heteroatoms. The van der Waals surface area contributed by atoms with Crippen LogP contribution in [0, 0.1) is 6.92 Å². The molecule has 0 spiro atoms. The summed E-state index contributed by atoms with van der Waals surface area (Å²) in [5.74, 6) is 1.26. The van der Waals surface area contributed by atoms with E-state index in [1.165, 1.54) is 0 Å². The van der Waals surface area contributed by atoms with Crippen LogP contribution in [0.3, 0.4) is 0 Å². The third kappa shape index (κ3) is 3.33. The van der Waals surface area contributed by atoms with E-state index in [4.69, 9.17) is 9.47 Å². The van der Waals surface area contributed by atoms with E-state index in [9.17, 15) is 9.90 Å². The van der Waals surface area contributed by atoms with Crippen LogP contribution < -0.4 is 14.4 Å². The van der Waals surface area contributed by atoms with Crippen LogP contribution in [0.15, 0.2) is 36.4 Å². The normalized spacial score (nSPS) is 16.3. The fraction of sp³-hybridized carbons (Fsp3) is 0.350. The van der Waals surface area contributed by atoms with Gasteiger partial charge in [-0.05, 0) is 36.6 Å². The van der Waals surface area contributed by atoms with E-state index in [2.05, 4.69) is 0 Å². The van der Waals surface area contributed by atoms with Gasteiger partial charge in [0.1, 0.15) is 0 Å². The molecule has 1 aliphatic heterocycles. The van der Waals surface area contributed by atoms with Crippen LogP contribution in [-0.2, 0) is 11.2 Å². The van der Waals surface area contributed by atoms with Gasteiger partial charge in [0.25, 0.3) is 0 Å². The quantitative estimate of drug-likeness (QED) is 0.929. The first-order valence-electron chi connectivity index (χ1n) is 8.34. The molecule has 0 radical (unpaired) electrons. The van der Waals surface area contributed by atoms with Crippen LogP contribution in [0.4, 0.5) is 5.69 Å². The molecule has 2 aromatic carbocycles. The van der Waals surface area contributed by atoms with E-state index in [0.717, 1.165) is 22.4 Å². The van der Waals surface area contributed by atoms with Crippen molar-refractivity contribution in [2.45, 2.75) is 25.9 Å². The summed E-state index contributed by atoms with van der Waals surface area (Å²) in [5, 5.41) is 10.2. The summed E-state index contributed by atoms with van der Waals surface area (Å²) >= 11 is 0.